The van der Waals surface area contributed by atoms with Gasteiger partial charge in [-0.1, -0.05) is 15.9 Å². The minimum absolute atomic E-state index is 0.511. The number of rotatable bonds is 2. The molecule has 0 amide bonds. The summed E-state index contributed by atoms with van der Waals surface area (Å²) in [6.07, 6.45) is 2.29. The van der Waals surface area contributed by atoms with Crippen LogP contribution in [-0.4, -0.2) is 13.7 Å². The number of methoxy groups -OCH3 is 1. The third-order valence-corrected chi connectivity index (χ3v) is 3.61. The Balaban J connectivity index is 2.47. The summed E-state index contributed by atoms with van der Waals surface area (Å²) in [4.78, 5) is 0. The van der Waals surface area contributed by atoms with Crippen LogP contribution in [0.1, 0.15) is 23.5 Å². The van der Waals surface area contributed by atoms with Crippen molar-refractivity contribution in [2.45, 2.75) is 18.8 Å². The lowest BCUT2D eigenvalue weighted by molar-refractivity contribution is 0.413. The second-order valence-electron chi connectivity index (χ2n) is 3.65. The molecule has 3 heteroatoms. The third kappa shape index (κ3) is 1.55. The van der Waals surface area contributed by atoms with Crippen LogP contribution in [0, 0.1) is 0 Å². The normalized spacial score (nSPS) is 19.5. The van der Waals surface area contributed by atoms with Crippen LogP contribution in [0.15, 0.2) is 16.6 Å². The number of nitrogens with two attached hydrogens (primary N) is 1. The van der Waals surface area contributed by atoms with Crippen LogP contribution in [0.5, 0.6) is 5.75 Å². The van der Waals surface area contributed by atoms with Gasteiger partial charge in [0.05, 0.1) is 7.11 Å². The lowest BCUT2D eigenvalue weighted by atomic mass is 10.0. The summed E-state index contributed by atoms with van der Waals surface area (Å²) >= 11 is 3.57. The Morgan fingerprint density at radius 2 is 2.36 bits per heavy atom. The largest absolute Gasteiger partial charge is 0.497 e. The molecule has 1 aliphatic rings. The first kappa shape index (κ1) is 9.99. The molecule has 14 heavy (non-hydrogen) atoms. The Bertz CT molecular complexity index is 351. The summed E-state index contributed by atoms with van der Waals surface area (Å²) in [5.41, 5.74) is 8.50. The van der Waals surface area contributed by atoms with Crippen molar-refractivity contribution in [2.24, 2.45) is 5.73 Å². The van der Waals surface area contributed by atoms with Crippen LogP contribution in [0.4, 0.5) is 0 Å². The molecular weight excluding hydrogens is 242 g/mol. The monoisotopic (exact) mass is 255 g/mol. The molecule has 0 aliphatic heterocycles. The maximum Gasteiger partial charge on any atom is 0.120 e. The van der Waals surface area contributed by atoms with E-state index in [0.29, 0.717) is 5.92 Å². The van der Waals surface area contributed by atoms with Gasteiger partial charge in [0.25, 0.3) is 0 Å². The molecule has 76 valence electrons. The lowest BCUT2D eigenvalue weighted by Crippen LogP contribution is -2.09. The number of benzene rings is 1. The van der Waals surface area contributed by atoms with Crippen molar-refractivity contribution in [3.8, 4) is 5.75 Å². The molecule has 0 bridgehead atoms. The van der Waals surface area contributed by atoms with Gasteiger partial charge in [-0.25, -0.2) is 0 Å². The van der Waals surface area contributed by atoms with Gasteiger partial charge in [0.2, 0.25) is 0 Å². The molecule has 0 fully saturated rings. The van der Waals surface area contributed by atoms with Crippen LogP contribution in [0.25, 0.3) is 0 Å². The van der Waals surface area contributed by atoms with E-state index >= 15 is 0 Å². The van der Waals surface area contributed by atoms with Gasteiger partial charge in [-0.2, -0.15) is 0 Å². The number of hydrogen-bond acceptors (Lipinski definition) is 2. The van der Waals surface area contributed by atoms with Crippen molar-refractivity contribution in [2.75, 3.05) is 13.7 Å². The first-order valence-corrected chi connectivity index (χ1v) is 5.62. The average Bonchev–Trinajstić information content (AvgIpc) is 2.61. The summed E-state index contributed by atoms with van der Waals surface area (Å²) in [5.74, 6) is 1.42. The van der Waals surface area contributed by atoms with E-state index in [4.69, 9.17) is 10.5 Å². The standard InChI is InChI=1S/C11H14BrNO/c1-14-8-4-10-7(6-13)2-3-9(10)11(12)5-8/h4-5,7H,2-3,6,13H2,1H3. The van der Waals surface area contributed by atoms with Crippen LogP contribution >= 0.6 is 15.9 Å². The fourth-order valence-electron chi connectivity index (χ4n) is 2.10. The predicted molar refractivity (Wildman–Crippen MR) is 60.8 cm³/mol. The van der Waals surface area contributed by atoms with E-state index in [-0.39, 0.29) is 0 Å². The van der Waals surface area contributed by atoms with Crippen molar-refractivity contribution < 1.29 is 4.74 Å². The summed E-state index contributed by atoms with van der Waals surface area (Å²) < 4.78 is 6.40. The molecule has 0 saturated heterocycles. The van der Waals surface area contributed by atoms with Crippen molar-refractivity contribution in [1.29, 1.82) is 0 Å². The van der Waals surface area contributed by atoms with Crippen LogP contribution < -0.4 is 10.5 Å². The van der Waals surface area contributed by atoms with Crippen molar-refractivity contribution >= 4 is 15.9 Å². The topological polar surface area (TPSA) is 35.2 Å². The van der Waals surface area contributed by atoms with E-state index in [1.54, 1.807) is 7.11 Å². The highest BCUT2D eigenvalue weighted by molar-refractivity contribution is 9.10. The van der Waals surface area contributed by atoms with E-state index in [9.17, 15) is 0 Å². The van der Waals surface area contributed by atoms with Crippen molar-refractivity contribution in [1.82, 2.24) is 0 Å². The van der Waals surface area contributed by atoms with Gasteiger partial charge in [-0.05, 0) is 48.6 Å². The van der Waals surface area contributed by atoms with E-state index in [1.165, 1.54) is 11.1 Å². The minimum atomic E-state index is 0.511. The minimum Gasteiger partial charge on any atom is -0.497 e. The molecule has 2 nitrogen and oxygen atoms in total. The number of ether oxygens (including phenoxy) is 1. The first-order valence-electron chi connectivity index (χ1n) is 4.82. The summed E-state index contributed by atoms with van der Waals surface area (Å²) in [7, 11) is 1.70. The number of fused-ring (bicyclic) bond motifs is 1. The maximum atomic E-state index is 5.73. The van der Waals surface area contributed by atoms with Gasteiger partial charge < -0.3 is 10.5 Å². The van der Waals surface area contributed by atoms with Gasteiger partial charge in [-0.3, -0.25) is 0 Å². The third-order valence-electron chi connectivity index (χ3n) is 2.91. The first-order chi connectivity index (χ1) is 6.76. The van der Waals surface area contributed by atoms with E-state index in [0.717, 1.165) is 29.6 Å². The highest BCUT2D eigenvalue weighted by atomic mass is 79.9. The fraction of sp³-hybridized carbons (Fsp3) is 0.455. The van der Waals surface area contributed by atoms with Crippen LogP contribution in [0.2, 0.25) is 0 Å². The summed E-state index contributed by atoms with van der Waals surface area (Å²) in [6.45, 7) is 0.729. The zero-order chi connectivity index (χ0) is 10.1. The second-order valence-corrected chi connectivity index (χ2v) is 4.50. The molecule has 0 aromatic heterocycles. The molecule has 1 unspecified atom stereocenters. The molecule has 1 atom stereocenters. The average molecular weight is 256 g/mol. The van der Waals surface area contributed by atoms with Gasteiger partial charge in [0, 0.05) is 4.47 Å². The van der Waals surface area contributed by atoms with Crippen molar-refractivity contribution in [3.05, 3.63) is 27.7 Å². The van der Waals surface area contributed by atoms with Gasteiger partial charge in [0.15, 0.2) is 0 Å². The van der Waals surface area contributed by atoms with Gasteiger partial charge in [-0.15, -0.1) is 0 Å². The Morgan fingerprint density at radius 1 is 1.57 bits per heavy atom. The van der Waals surface area contributed by atoms with Crippen molar-refractivity contribution in [3.63, 3.8) is 0 Å². The fourth-order valence-corrected chi connectivity index (χ4v) is 2.75. The predicted octanol–water partition coefficient (Wildman–Crippen LogP) is 2.45. The lowest BCUT2D eigenvalue weighted by Gasteiger charge is -2.11. The van der Waals surface area contributed by atoms with Gasteiger partial charge in [0.1, 0.15) is 5.75 Å². The Kier molecular flexibility index (Phi) is 2.79. The SMILES string of the molecule is COc1cc(Br)c2c(c1)C(CN)CC2. The smallest absolute Gasteiger partial charge is 0.120 e. The molecule has 0 heterocycles. The Labute approximate surface area is 92.6 Å². The number of hydrogen-bond donors (Lipinski definition) is 1. The van der Waals surface area contributed by atoms with E-state index < -0.39 is 0 Å². The van der Waals surface area contributed by atoms with Crippen LogP contribution in [0.3, 0.4) is 0 Å². The van der Waals surface area contributed by atoms with E-state index in [1.807, 2.05) is 6.07 Å². The Morgan fingerprint density at radius 3 is 3.00 bits per heavy atom. The molecule has 1 aromatic rings. The zero-order valence-corrected chi connectivity index (χ0v) is 9.80. The Hall–Kier alpha value is -0.540. The summed E-state index contributed by atoms with van der Waals surface area (Å²) in [6, 6.07) is 4.14. The van der Waals surface area contributed by atoms with E-state index in [2.05, 4.69) is 22.0 Å². The molecule has 1 aliphatic carbocycles. The van der Waals surface area contributed by atoms with Gasteiger partial charge >= 0.3 is 0 Å². The van der Waals surface area contributed by atoms with Crippen LogP contribution in [-0.2, 0) is 6.42 Å². The highest BCUT2D eigenvalue weighted by Crippen LogP contribution is 2.39. The molecule has 1 aromatic carbocycles. The quantitative estimate of drug-likeness (QED) is 0.882. The highest BCUT2D eigenvalue weighted by Gasteiger charge is 2.23. The molecule has 0 saturated carbocycles. The summed E-state index contributed by atoms with van der Waals surface area (Å²) in [5, 5.41) is 0. The zero-order valence-electron chi connectivity index (χ0n) is 8.22. The molecule has 0 radical (unpaired) electrons. The molecule has 2 N–H and O–H groups in total. The maximum absolute atomic E-state index is 5.73. The molecule has 0 spiro atoms. The number of halogens is 1. The molecular formula is C11H14BrNO. The second kappa shape index (κ2) is 3.91. The molecule has 2 rings (SSSR count).